The summed E-state index contributed by atoms with van der Waals surface area (Å²) in [6.07, 6.45) is 7.90. The van der Waals surface area contributed by atoms with Gasteiger partial charge in [-0.05, 0) is 19.1 Å². The van der Waals surface area contributed by atoms with Crippen molar-refractivity contribution in [1.82, 2.24) is 14.4 Å². The summed E-state index contributed by atoms with van der Waals surface area (Å²) in [5.41, 5.74) is 3.10. The number of ether oxygens (including phenoxy) is 1. The van der Waals surface area contributed by atoms with E-state index < -0.39 is 0 Å². The molecule has 3 rings (SSSR count). The van der Waals surface area contributed by atoms with Crippen LogP contribution in [0.25, 0.3) is 5.65 Å². The summed E-state index contributed by atoms with van der Waals surface area (Å²) in [5.74, 6) is 0.485. The molecule has 0 unspecified atom stereocenters. The molecule has 0 aliphatic heterocycles. The van der Waals surface area contributed by atoms with Gasteiger partial charge >= 0.3 is 0 Å². The molecular weight excluding hydrogens is 254 g/mol. The first-order valence-electron chi connectivity index (χ1n) is 6.23. The number of carbonyl (C=O) groups excluding carboxylic acids is 1. The number of pyridine rings is 2. The Morgan fingerprint density at radius 3 is 3.10 bits per heavy atom. The molecule has 0 fully saturated rings. The van der Waals surface area contributed by atoms with Crippen molar-refractivity contribution in [1.29, 1.82) is 0 Å². The summed E-state index contributed by atoms with van der Waals surface area (Å²) in [6, 6.07) is 5.59. The summed E-state index contributed by atoms with van der Waals surface area (Å²) in [5, 5.41) is 0. The number of hydrogen-bond acceptors (Lipinski definition) is 4. The van der Waals surface area contributed by atoms with Crippen LogP contribution in [-0.4, -0.2) is 20.7 Å². The van der Waals surface area contributed by atoms with Crippen LogP contribution in [0.5, 0.6) is 5.75 Å². The van der Waals surface area contributed by atoms with Crippen LogP contribution >= 0.6 is 0 Å². The second-order valence-electron chi connectivity index (χ2n) is 4.46. The van der Waals surface area contributed by atoms with Crippen molar-refractivity contribution in [2.75, 3.05) is 0 Å². The highest BCUT2D eigenvalue weighted by molar-refractivity contribution is 5.79. The molecule has 0 aliphatic rings. The van der Waals surface area contributed by atoms with E-state index >= 15 is 0 Å². The Morgan fingerprint density at radius 1 is 1.35 bits per heavy atom. The SMILES string of the molecule is Cc1cc(C=O)c(OCc2cccn3ccnc23)cn1. The summed E-state index contributed by atoms with van der Waals surface area (Å²) < 4.78 is 7.62. The lowest BCUT2D eigenvalue weighted by Gasteiger charge is -2.09. The third-order valence-corrected chi connectivity index (χ3v) is 3.04. The van der Waals surface area contributed by atoms with E-state index in [0.717, 1.165) is 23.2 Å². The molecule has 5 heteroatoms. The second kappa shape index (κ2) is 5.13. The van der Waals surface area contributed by atoms with Gasteiger partial charge in [0.2, 0.25) is 0 Å². The molecule has 3 heterocycles. The lowest BCUT2D eigenvalue weighted by molar-refractivity contribution is 0.111. The molecule has 0 saturated heterocycles. The molecule has 3 aromatic heterocycles. The number of carbonyl (C=O) groups is 1. The molecule has 3 aromatic rings. The number of imidazole rings is 1. The topological polar surface area (TPSA) is 56.5 Å². The molecule has 0 N–H and O–H groups in total. The fourth-order valence-electron chi connectivity index (χ4n) is 2.06. The van der Waals surface area contributed by atoms with E-state index in [1.807, 2.05) is 35.9 Å². The minimum Gasteiger partial charge on any atom is -0.486 e. The van der Waals surface area contributed by atoms with Gasteiger partial charge in [-0.2, -0.15) is 0 Å². The van der Waals surface area contributed by atoms with E-state index in [4.69, 9.17) is 4.74 Å². The Bertz CT molecular complexity index is 765. The summed E-state index contributed by atoms with van der Waals surface area (Å²) in [7, 11) is 0. The monoisotopic (exact) mass is 267 g/mol. The average molecular weight is 267 g/mol. The maximum Gasteiger partial charge on any atom is 0.153 e. The maximum absolute atomic E-state index is 11.0. The van der Waals surface area contributed by atoms with Gasteiger partial charge in [0.15, 0.2) is 6.29 Å². The third kappa shape index (κ3) is 2.25. The standard InChI is InChI=1S/C15H13N3O2/c1-11-7-13(9-19)14(8-17-11)20-10-12-3-2-5-18-6-4-16-15(12)18/h2-9H,10H2,1H3. The Hall–Kier alpha value is -2.69. The zero-order chi connectivity index (χ0) is 13.9. The van der Waals surface area contributed by atoms with Gasteiger partial charge in [0, 0.05) is 29.8 Å². The fourth-order valence-corrected chi connectivity index (χ4v) is 2.06. The van der Waals surface area contributed by atoms with E-state index in [1.165, 1.54) is 0 Å². The Labute approximate surface area is 115 Å². The van der Waals surface area contributed by atoms with Gasteiger partial charge in [-0.1, -0.05) is 6.07 Å². The number of aldehydes is 1. The molecule has 0 amide bonds. The first-order valence-corrected chi connectivity index (χ1v) is 6.23. The number of aryl methyl sites for hydroxylation is 1. The van der Waals surface area contributed by atoms with E-state index in [2.05, 4.69) is 9.97 Å². The quantitative estimate of drug-likeness (QED) is 0.681. The van der Waals surface area contributed by atoms with Crippen LogP contribution in [0.3, 0.4) is 0 Å². The molecule has 0 aromatic carbocycles. The summed E-state index contributed by atoms with van der Waals surface area (Å²) >= 11 is 0. The molecular formula is C15H13N3O2. The predicted molar refractivity (Wildman–Crippen MR) is 73.9 cm³/mol. The lowest BCUT2D eigenvalue weighted by Crippen LogP contribution is -2.01. The van der Waals surface area contributed by atoms with E-state index in [0.29, 0.717) is 17.9 Å². The van der Waals surface area contributed by atoms with Gasteiger partial charge in [-0.15, -0.1) is 0 Å². The molecule has 0 spiro atoms. The number of aromatic nitrogens is 3. The number of rotatable bonds is 4. The van der Waals surface area contributed by atoms with Crippen molar-refractivity contribution in [3.8, 4) is 5.75 Å². The van der Waals surface area contributed by atoms with Gasteiger partial charge in [0.1, 0.15) is 18.0 Å². The molecule has 5 nitrogen and oxygen atoms in total. The smallest absolute Gasteiger partial charge is 0.153 e. The molecule has 0 aliphatic carbocycles. The minimum atomic E-state index is 0.340. The van der Waals surface area contributed by atoms with Gasteiger partial charge in [0.25, 0.3) is 0 Å². The van der Waals surface area contributed by atoms with Crippen molar-refractivity contribution < 1.29 is 9.53 Å². The zero-order valence-electron chi connectivity index (χ0n) is 11.0. The van der Waals surface area contributed by atoms with Crippen LogP contribution in [0.4, 0.5) is 0 Å². The molecule has 20 heavy (non-hydrogen) atoms. The molecule has 100 valence electrons. The highest BCUT2D eigenvalue weighted by Crippen LogP contribution is 2.18. The van der Waals surface area contributed by atoms with E-state index in [9.17, 15) is 4.79 Å². The largest absolute Gasteiger partial charge is 0.486 e. The van der Waals surface area contributed by atoms with Crippen molar-refractivity contribution in [3.63, 3.8) is 0 Å². The van der Waals surface area contributed by atoms with Crippen LogP contribution in [0.2, 0.25) is 0 Å². The summed E-state index contributed by atoms with van der Waals surface area (Å²) in [4.78, 5) is 19.5. The van der Waals surface area contributed by atoms with Crippen LogP contribution in [0.1, 0.15) is 21.6 Å². The van der Waals surface area contributed by atoms with Crippen LogP contribution in [-0.2, 0) is 6.61 Å². The predicted octanol–water partition coefficient (Wildman–Crippen LogP) is 2.43. The van der Waals surface area contributed by atoms with Crippen LogP contribution in [0.15, 0.2) is 43.0 Å². The second-order valence-corrected chi connectivity index (χ2v) is 4.46. The fraction of sp³-hybridized carbons (Fsp3) is 0.133. The molecule has 0 radical (unpaired) electrons. The van der Waals surface area contributed by atoms with Crippen molar-refractivity contribution in [2.45, 2.75) is 13.5 Å². The average Bonchev–Trinajstić information content (AvgIpc) is 2.94. The van der Waals surface area contributed by atoms with Gasteiger partial charge < -0.3 is 9.14 Å². The van der Waals surface area contributed by atoms with Crippen LogP contribution in [0, 0.1) is 6.92 Å². The summed E-state index contributed by atoms with van der Waals surface area (Å²) in [6.45, 7) is 2.18. The lowest BCUT2D eigenvalue weighted by atomic mass is 10.2. The normalized spacial score (nSPS) is 10.7. The number of hydrogen-bond donors (Lipinski definition) is 0. The van der Waals surface area contributed by atoms with Crippen molar-refractivity contribution in [2.24, 2.45) is 0 Å². The van der Waals surface area contributed by atoms with Gasteiger partial charge in [0.05, 0.1) is 11.8 Å². The number of nitrogens with zero attached hydrogens (tertiary/aromatic N) is 3. The molecule has 0 atom stereocenters. The minimum absolute atomic E-state index is 0.340. The maximum atomic E-state index is 11.0. The Balaban J connectivity index is 1.86. The first kappa shape index (κ1) is 12.3. The Kier molecular flexibility index (Phi) is 3.16. The first-order chi connectivity index (χ1) is 9.78. The van der Waals surface area contributed by atoms with Gasteiger partial charge in [-0.25, -0.2) is 4.98 Å². The Morgan fingerprint density at radius 2 is 2.25 bits per heavy atom. The number of fused-ring (bicyclic) bond motifs is 1. The highest BCUT2D eigenvalue weighted by atomic mass is 16.5. The molecule has 0 bridgehead atoms. The van der Waals surface area contributed by atoms with Crippen molar-refractivity contribution in [3.05, 3.63) is 59.8 Å². The zero-order valence-corrected chi connectivity index (χ0v) is 11.0. The van der Waals surface area contributed by atoms with Crippen LogP contribution < -0.4 is 4.74 Å². The van der Waals surface area contributed by atoms with Crippen molar-refractivity contribution >= 4 is 11.9 Å². The van der Waals surface area contributed by atoms with E-state index in [1.54, 1.807) is 18.5 Å². The highest BCUT2D eigenvalue weighted by Gasteiger charge is 2.07. The molecule has 0 saturated carbocycles. The third-order valence-electron chi connectivity index (χ3n) is 3.04. The van der Waals surface area contributed by atoms with Gasteiger partial charge in [-0.3, -0.25) is 9.78 Å². The van der Waals surface area contributed by atoms with E-state index in [-0.39, 0.29) is 0 Å².